The van der Waals surface area contributed by atoms with Gasteiger partial charge in [-0.1, -0.05) is 77.3 Å². The van der Waals surface area contributed by atoms with E-state index in [0.29, 0.717) is 0 Å². The summed E-state index contributed by atoms with van der Waals surface area (Å²) < 4.78 is 11.5. The molecule has 0 bridgehead atoms. The smallest absolute Gasteiger partial charge is 0.188 e. The topological polar surface area (TPSA) is 18.5 Å². The Balaban J connectivity index is 2.87. The molecular formula is C24H35BO2. The zero-order valence-corrected chi connectivity index (χ0v) is 18.4. The van der Waals surface area contributed by atoms with Gasteiger partial charge in [-0.2, -0.15) is 0 Å². The normalized spacial score (nSPS) is 12.3. The Hall–Kier alpha value is -1.74. The van der Waals surface area contributed by atoms with Gasteiger partial charge in [0.25, 0.3) is 0 Å². The number of benzene rings is 2. The van der Waals surface area contributed by atoms with Crippen LogP contribution in [0.4, 0.5) is 0 Å². The molecule has 0 N–H and O–H groups in total. The molecule has 146 valence electrons. The molecule has 0 aliphatic heterocycles. The van der Waals surface area contributed by atoms with Crippen molar-refractivity contribution in [3.05, 3.63) is 47.5 Å². The predicted octanol–water partition coefficient (Wildman–Crippen LogP) is 4.97. The standard InChI is InChI=1S/C24H35BO2/c1-8-23(3,4)17-14-19(18-12-10-11-13-21(18)25)22(27-16-26-7)20(15-17)24(5,6)9-2/h10-15H,8-9,16,25H2,1-7H3. The molecule has 0 unspecified atom stereocenters. The third-order valence-electron chi connectivity index (χ3n) is 6.12. The Labute approximate surface area is 166 Å². The molecule has 0 spiro atoms. The summed E-state index contributed by atoms with van der Waals surface area (Å²) in [4.78, 5) is 0. The van der Waals surface area contributed by atoms with Crippen molar-refractivity contribution in [2.45, 2.75) is 65.2 Å². The fourth-order valence-corrected chi connectivity index (χ4v) is 3.27. The van der Waals surface area contributed by atoms with Crippen molar-refractivity contribution in [2.75, 3.05) is 13.9 Å². The van der Waals surface area contributed by atoms with Gasteiger partial charge in [0.2, 0.25) is 0 Å². The number of ether oxygens (including phenoxy) is 2. The van der Waals surface area contributed by atoms with Gasteiger partial charge in [-0.3, -0.25) is 0 Å². The second-order valence-corrected chi connectivity index (χ2v) is 8.74. The summed E-state index contributed by atoms with van der Waals surface area (Å²) in [7, 11) is 3.84. The Morgan fingerprint density at radius 3 is 2.07 bits per heavy atom. The van der Waals surface area contributed by atoms with Gasteiger partial charge in [0.1, 0.15) is 13.6 Å². The van der Waals surface area contributed by atoms with Gasteiger partial charge in [0.15, 0.2) is 6.79 Å². The summed E-state index contributed by atoms with van der Waals surface area (Å²) in [6.07, 6.45) is 2.13. The van der Waals surface area contributed by atoms with Crippen LogP contribution in [0.1, 0.15) is 65.5 Å². The summed E-state index contributed by atoms with van der Waals surface area (Å²) in [6.45, 7) is 14.0. The van der Waals surface area contributed by atoms with E-state index in [0.717, 1.165) is 18.6 Å². The van der Waals surface area contributed by atoms with Crippen LogP contribution in [0.2, 0.25) is 0 Å². The summed E-state index contributed by atoms with van der Waals surface area (Å²) in [5.74, 6) is 0.952. The first kappa shape index (κ1) is 21.6. The van der Waals surface area contributed by atoms with E-state index in [4.69, 9.17) is 9.47 Å². The molecule has 0 saturated carbocycles. The molecule has 2 nitrogen and oxygen atoms in total. The van der Waals surface area contributed by atoms with E-state index in [1.807, 2.05) is 0 Å². The lowest BCUT2D eigenvalue weighted by Crippen LogP contribution is -2.22. The highest BCUT2D eigenvalue weighted by atomic mass is 16.7. The van der Waals surface area contributed by atoms with Crippen LogP contribution in [-0.4, -0.2) is 21.7 Å². The minimum atomic E-state index is 0.0142. The minimum Gasteiger partial charge on any atom is -0.467 e. The summed E-state index contributed by atoms with van der Waals surface area (Å²) in [5.41, 5.74) is 6.40. The van der Waals surface area contributed by atoms with Crippen molar-refractivity contribution in [1.82, 2.24) is 0 Å². The third-order valence-corrected chi connectivity index (χ3v) is 6.12. The predicted molar refractivity (Wildman–Crippen MR) is 119 cm³/mol. The molecule has 27 heavy (non-hydrogen) atoms. The van der Waals surface area contributed by atoms with E-state index in [-0.39, 0.29) is 17.6 Å². The number of hydrogen-bond donors (Lipinski definition) is 0. The fraction of sp³-hybridized carbons (Fsp3) is 0.500. The molecule has 2 rings (SSSR count). The van der Waals surface area contributed by atoms with Crippen LogP contribution in [0.25, 0.3) is 11.1 Å². The van der Waals surface area contributed by atoms with Gasteiger partial charge >= 0.3 is 0 Å². The number of rotatable bonds is 8. The van der Waals surface area contributed by atoms with Gasteiger partial charge in [0, 0.05) is 18.2 Å². The van der Waals surface area contributed by atoms with Crippen molar-refractivity contribution >= 4 is 13.3 Å². The summed E-state index contributed by atoms with van der Waals surface area (Å²) in [5, 5.41) is 0. The highest BCUT2D eigenvalue weighted by Gasteiger charge is 2.29. The molecule has 0 atom stereocenters. The lowest BCUT2D eigenvalue weighted by molar-refractivity contribution is 0.0500. The highest BCUT2D eigenvalue weighted by Crippen LogP contribution is 2.44. The van der Waals surface area contributed by atoms with Crippen LogP contribution in [0, 0.1) is 0 Å². The molecule has 0 aliphatic rings. The maximum Gasteiger partial charge on any atom is 0.188 e. The second-order valence-electron chi connectivity index (χ2n) is 8.74. The van der Waals surface area contributed by atoms with E-state index in [9.17, 15) is 0 Å². The number of methoxy groups -OCH3 is 1. The van der Waals surface area contributed by atoms with Crippen LogP contribution in [0.15, 0.2) is 36.4 Å². The average molecular weight is 366 g/mol. The van der Waals surface area contributed by atoms with E-state index in [1.54, 1.807) is 7.11 Å². The third kappa shape index (κ3) is 4.58. The molecule has 0 radical (unpaired) electrons. The maximum absolute atomic E-state index is 6.19. The molecule has 0 aliphatic carbocycles. The molecule has 0 aromatic heterocycles. The molecule has 0 amide bonds. The van der Waals surface area contributed by atoms with Crippen molar-refractivity contribution < 1.29 is 9.47 Å². The first-order valence-electron chi connectivity index (χ1n) is 10.0. The van der Waals surface area contributed by atoms with Gasteiger partial charge in [-0.15, -0.1) is 0 Å². The van der Waals surface area contributed by atoms with Crippen molar-refractivity contribution in [2.24, 2.45) is 0 Å². The lowest BCUT2D eigenvalue weighted by atomic mass is 9.74. The number of hydrogen-bond acceptors (Lipinski definition) is 2. The van der Waals surface area contributed by atoms with Gasteiger partial charge < -0.3 is 9.47 Å². The second kappa shape index (κ2) is 8.52. The van der Waals surface area contributed by atoms with Crippen LogP contribution < -0.4 is 10.2 Å². The molecule has 2 aromatic carbocycles. The van der Waals surface area contributed by atoms with E-state index in [1.165, 1.54) is 27.7 Å². The first-order valence-corrected chi connectivity index (χ1v) is 10.0. The van der Waals surface area contributed by atoms with Gasteiger partial charge in [-0.25, -0.2) is 0 Å². The lowest BCUT2D eigenvalue weighted by Gasteiger charge is -2.32. The molecular weight excluding hydrogens is 331 g/mol. The van der Waals surface area contributed by atoms with Crippen molar-refractivity contribution in [1.29, 1.82) is 0 Å². The molecule has 3 heteroatoms. The van der Waals surface area contributed by atoms with E-state index in [2.05, 4.69) is 85.8 Å². The first-order chi connectivity index (χ1) is 12.7. The van der Waals surface area contributed by atoms with Crippen LogP contribution >= 0.6 is 0 Å². The molecule has 0 heterocycles. The van der Waals surface area contributed by atoms with E-state index >= 15 is 0 Å². The van der Waals surface area contributed by atoms with Crippen LogP contribution in [0.5, 0.6) is 5.75 Å². The highest BCUT2D eigenvalue weighted by molar-refractivity contribution is 6.36. The molecule has 0 fully saturated rings. The summed E-state index contributed by atoms with van der Waals surface area (Å²) in [6, 6.07) is 13.2. The average Bonchev–Trinajstić information content (AvgIpc) is 2.66. The van der Waals surface area contributed by atoms with E-state index < -0.39 is 0 Å². The summed E-state index contributed by atoms with van der Waals surface area (Å²) >= 11 is 0. The van der Waals surface area contributed by atoms with Crippen molar-refractivity contribution in [3.8, 4) is 16.9 Å². The Kier molecular flexibility index (Phi) is 6.80. The van der Waals surface area contributed by atoms with Crippen LogP contribution in [0.3, 0.4) is 0 Å². The minimum absolute atomic E-state index is 0.0142. The van der Waals surface area contributed by atoms with Crippen LogP contribution in [-0.2, 0) is 15.6 Å². The maximum atomic E-state index is 6.19. The van der Waals surface area contributed by atoms with Gasteiger partial charge in [-0.05, 0) is 40.9 Å². The van der Waals surface area contributed by atoms with Gasteiger partial charge in [0.05, 0.1) is 0 Å². The zero-order valence-electron chi connectivity index (χ0n) is 18.4. The fourth-order valence-electron chi connectivity index (χ4n) is 3.27. The molecule has 2 aromatic rings. The Morgan fingerprint density at radius 1 is 0.889 bits per heavy atom. The largest absolute Gasteiger partial charge is 0.467 e. The Bertz CT molecular complexity index is 778. The zero-order chi connectivity index (χ0) is 20.2. The quantitative estimate of drug-likeness (QED) is 0.485. The monoisotopic (exact) mass is 366 g/mol. The SMILES string of the molecule is Bc1ccccc1-c1cc(C(C)(C)CC)cc(C(C)(C)CC)c1OCOC. The molecule has 0 saturated heterocycles. The van der Waals surface area contributed by atoms with Crippen molar-refractivity contribution in [3.63, 3.8) is 0 Å². The Morgan fingerprint density at radius 2 is 1.52 bits per heavy atom.